The van der Waals surface area contributed by atoms with Crippen LogP contribution in [0.4, 0.5) is 5.69 Å². The number of hydrogen-bond donors (Lipinski definition) is 2. The highest BCUT2D eigenvalue weighted by Crippen LogP contribution is 2.22. The lowest BCUT2D eigenvalue weighted by molar-refractivity contribution is 0.0300. The third-order valence-electron chi connectivity index (χ3n) is 4.55. The number of aliphatic hydroxyl groups is 1. The molecule has 0 aromatic heterocycles. The highest BCUT2D eigenvalue weighted by Gasteiger charge is 2.20. The van der Waals surface area contributed by atoms with Crippen molar-refractivity contribution in [1.29, 1.82) is 0 Å². The largest absolute Gasteiger partial charge is 0.497 e. The van der Waals surface area contributed by atoms with Crippen LogP contribution in [0.5, 0.6) is 5.75 Å². The first kappa shape index (κ1) is 22.3. The summed E-state index contributed by atoms with van der Waals surface area (Å²) in [6.45, 7) is 12.0. The van der Waals surface area contributed by atoms with Crippen molar-refractivity contribution in [2.75, 3.05) is 64.5 Å². The van der Waals surface area contributed by atoms with Crippen molar-refractivity contribution >= 4 is 11.6 Å². The van der Waals surface area contributed by atoms with Crippen LogP contribution < -0.4 is 15.0 Å². The van der Waals surface area contributed by atoms with Crippen LogP contribution in [0.3, 0.4) is 0 Å². The molecule has 0 aliphatic carbocycles. The Morgan fingerprint density at radius 3 is 2.61 bits per heavy atom. The van der Waals surface area contributed by atoms with Gasteiger partial charge in [-0.1, -0.05) is 19.9 Å². The van der Waals surface area contributed by atoms with E-state index in [1.807, 2.05) is 12.1 Å². The SMILES string of the molecule is CCNC(=NCC(O)COCC(C)C)N1CCN(c2cccc(OC)c2)CC1. The molecule has 1 aromatic rings. The maximum absolute atomic E-state index is 10.1. The number of hydrogen-bond acceptors (Lipinski definition) is 5. The molecule has 1 aliphatic rings. The number of anilines is 1. The summed E-state index contributed by atoms with van der Waals surface area (Å²) in [5.41, 5.74) is 1.18. The number of benzene rings is 1. The van der Waals surface area contributed by atoms with E-state index in [4.69, 9.17) is 9.47 Å². The van der Waals surface area contributed by atoms with Gasteiger partial charge in [-0.15, -0.1) is 0 Å². The lowest BCUT2D eigenvalue weighted by atomic mass is 10.2. The summed E-state index contributed by atoms with van der Waals surface area (Å²) in [5.74, 6) is 2.20. The third-order valence-corrected chi connectivity index (χ3v) is 4.55. The van der Waals surface area contributed by atoms with E-state index in [2.05, 4.69) is 53.0 Å². The van der Waals surface area contributed by atoms with Crippen LogP contribution in [0.25, 0.3) is 0 Å². The van der Waals surface area contributed by atoms with Gasteiger partial charge in [0, 0.05) is 51.1 Å². The zero-order valence-corrected chi connectivity index (χ0v) is 17.7. The van der Waals surface area contributed by atoms with Gasteiger partial charge in [0.05, 0.1) is 26.4 Å². The number of rotatable bonds is 9. The summed E-state index contributed by atoms with van der Waals surface area (Å²) in [6, 6.07) is 8.17. The molecule has 2 N–H and O–H groups in total. The van der Waals surface area contributed by atoms with Gasteiger partial charge >= 0.3 is 0 Å². The van der Waals surface area contributed by atoms with E-state index in [1.54, 1.807) is 7.11 Å². The second kappa shape index (κ2) is 11.8. The molecule has 0 bridgehead atoms. The Labute approximate surface area is 169 Å². The van der Waals surface area contributed by atoms with E-state index in [1.165, 1.54) is 5.69 Å². The maximum atomic E-state index is 10.1. The molecule has 158 valence electrons. The number of methoxy groups -OCH3 is 1. The van der Waals surface area contributed by atoms with Crippen LogP contribution in [-0.4, -0.2) is 81.7 Å². The van der Waals surface area contributed by atoms with E-state index >= 15 is 0 Å². The molecule has 0 saturated carbocycles. The fourth-order valence-electron chi connectivity index (χ4n) is 3.09. The summed E-state index contributed by atoms with van der Waals surface area (Å²) in [5, 5.41) is 13.5. The van der Waals surface area contributed by atoms with Crippen LogP contribution in [0.15, 0.2) is 29.3 Å². The highest BCUT2D eigenvalue weighted by atomic mass is 16.5. The minimum absolute atomic E-state index is 0.324. The molecule has 1 fully saturated rings. The van der Waals surface area contributed by atoms with E-state index < -0.39 is 6.10 Å². The van der Waals surface area contributed by atoms with Crippen molar-refractivity contribution in [3.8, 4) is 5.75 Å². The average molecular weight is 393 g/mol. The number of aliphatic hydroxyl groups excluding tert-OH is 1. The third kappa shape index (κ3) is 7.20. The molecule has 7 heteroatoms. The zero-order chi connectivity index (χ0) is 20.4. The highest BCUT2D eigenvalue weighted by molar-refractivity contribution is 5.80. The molecule has 0 spiro atoms. The van der Waals surface area contributed by atoms with Crippen molar-refractivity contribution in [2.24, 2.45) is 10.9 Å². The molecular weight excluding hydrogens is 356 g/mol. The van der Waals surface area contributed by atoms with Crippen molar-refractivity contribution in [1.82, 2.24) is 10.2 Å². The molecular formula is C21H36N4O3. The molecule has 2 rings (SSSR count). The molecule has 1 aromatic carbocycles. The Kier molecular flexibility index (Phi) is 9.37. The number of nitrogens with zero attached hydrogens (tertiary/aromatic N) is 3. The zero-order valence-electron chi connectivity index (χ0n) is 17.7. The minimum atomic E-state index is -0.578. The van der Waals surface area contributed by atoms with Crippen LogP contribution in [-0.2, 0) is 4.74 Å². The first-order chi connectivity index (χ1) is 13.5. The van der Waals surface area contributed by atoms with Gasteiger partial charge in [-0.05, 0) is 25.0 Å². The Hall–Kier alpha value is -1.99. The van der Waals surface area contributed by atoms with Crippen LogP contribution in [0.2, 0.25) is 0 Å². The first-order valence-corrected chi connectivity index (χ1v) is 10.2. The predicted octanol–water partition coefficient (Wildman–Crippen LogP) is 1.82. The number of ether oxygens (including phenoxy) is 2. The van der Waals surface area contributed by atoms with Crippen molar-refractivity contribution in [2.45, 2.75) is 26.9 Å². The number of aliphatic imine (C=N–C) groups is 1. The van der Waals surface area contributed by atoms with E-state index in [0.717, 1.165) is 44.4 Å². The molecule has 0 radical (unpaired) electrons. The topological polar surface area (TPSA) is 69.6 Å². The van der Waals surface area contributed by atoms with E-state index in [0.29, 0.717) is 25.7 Å². The van der Waals surface area contributed by atoms with Crippen molar-refractivity contribution in [3.05, 3.63) is 24.3 Å². The summed E-state index contributed by atoms with van der Waals surface area (Å²) in [6.07, 6.45) is -0.578. The van der Waals surface area contributed by atoms with Crippen molar-refractivity contribution in [3.63, 3.8) is 0 Å². The summed E-state index contributed by atoms with van der Waals surface area (Å²) < 4.78 is 10.8. The fourth-order valence-corrected chi connectivity index (χ4v) is 3.09. The second-order valence-electron chi connectivity index (χ2n) is 7.46. The van der Waals surface area contributed by atoms with Crippen molar-refractivity contribution < 1.29 is 14.6 Å². The number of piperazine rings is 1. The predicted molar refractivity (Wildman–Crippen MR) is 114 cm³/mol. The Balaban J connectivity index is 1.87. The smallest absolute Gasteiger partial charge is 0.194 e. The van der Waals surface area contributed by atoms with Gasteiger partial charge in [0.25, 0.3) is 0 Å². The summed E-state index contributed by atoms with van der Waals surface area (Å²) in [7, 11) is 1.69. The fraction of sp³-hybridized carbons (Fsp3) is 0.667. The lowest BCUT2D eigenvalue weighted by Gasteiger charge is -2.37. The Morgan fingerprint density at radius 1 is 1.21 bits per heavy atom. The summed E-state index contributed by atoms with van der Waals surface area (Å²) in [4.78, 5) is 9.23. The lowest BCUT2D eigenvalue weighted by Crippen LogP contribution is -2.52. The van der Waals surface area contributed by atoms with Gasteiger partial charge < -0.3 is 29.7 Å². The molecule has 1 atom stereocenters. The quantitative estimate of drug-likeness (QED) is 0.494. The van der Waals surface area contributed by atoms with E-state index in [9.17, 15) is 5.11 Å². The first-order valence-electron chi connectivity index (χ1n) is 10.2. The summed E-state index contributed by atoms with van der Waals surface area (Å²) >= 11 is 0. The van der Waals surface area contributed by atoms with Gasteiger partial charge in [0.1, 0.15) is 5.75 Å². The van der Waals surface area contributed by atoms with Gasteiger partial charge in [-0.3, -0.25) is 4.99 Å². The number of nitrogens with one attached hydrogen (secondary N) is 1. The normalized spacial score (nSPS) is 16.4. The molecule has 1 saturated heterocycles. The van der Waals surface area contributed by atoms with Crippen LogP contribution >= 0.6 is 0 Å². The second-order valence-corrected chi connectivity index (χ2v) is 7.46. The molecule has 7 nitrogen and oxygen atoms in total. The molecule has 1 unspecified atom stereocenters. The van der Waals surface area contributed by atoms with Gasteiger partial charge in [0.2, 0.25) is 0 Å². The number of guanidine groups is 1. The van der Waals surface area contributed by atoms with Crippen LogP contribution in [0.1, 0.15) is 20.8 Å². The van der Waals surface area contributed by atoms with Gasteiger partial charge in [-0.25, -0.2) is 0 Å². The average Bonchev–Trinajstić information content (AvgIpc) is 2.71. The molecule has 1 heterocycles. The molecule has 0 amide bonds. The Morgan fingerprint density at radius 2 is 1.96 bits per heavy atom. The van der Waals surface area contributed by atoms with Gasteiger partial charge in [0.15, 0.2) is 5.96 Å². The molecule has 28 heavy (non-hydrogen) atoms. The van der Waals surface area contributed by atoms with Crippen LogP contribution in [0, 0.1) is 5.92 Å². The van der Waals surface area contributed by atoms with E-state index in [-0.39, 0.29) is 0 Å². The molecule has 1 aliphatic heterocycles. The minimum Gasteiger partial charge on any atom is -0.497 e. The van der Waals surface area contributed by atoms with Gasteiger partial charge in [-0.2, -0.15) is 0 Å². The standard InChI is InChI=1S/C21H36N4O3/c1-5-22-21(23-14-19(26)16-28-15-17(2)3)25-11-9-24(10-12-25)18-7-6-8-20(13-18)27-4/h6-8,13,17,19,26H,5,9-12,14-16H2,1-4H3,(H,22,23). The maximum Gasteiger partial charge on any atom is 0.194 e. The monoisotopic (exact) mass is 392 g/mol. The Bertz CT molecular complexity index is 601.